The van der Waals surface area contributed by atoms with Crippen LogP contribution in [0.25, 0.3) is 10.9 Å². The number of nitrogens with zero attached hydrogens (tertiary/aromatic N) is 1. The van der Waals surface area contributed by atoms with Crippen LogP contribution in [0.2, 0.25) is 0 Å². The largest absolute Gasteiger partial charge is 0.497 e. The Morgan fingerprint density at radius 1 is 1.11 bits per heavy atom. The van der Waals surface area contributed by atoms with Crippen LogP contribution in [0.1, 0.15) is 21.6 Å². The van der Waals surface area contributed by atoms with Crippen molar-refractivity contribution in [3.63, 3.8) is 0 Å². The molecule has 4 rings (SSSR count). The summed E-state index contributed by atoms with van der Waals surface area (Å²) in [4.78, 5) is 29.7. The van der Waals surface area contributed by atoms with Gasteiger partial charge >= 0.3 is 12.0 Å². The maximum Gasteiger partial charge on any atom is 0.337 e. The molecule has 0 radical (unpaired) electrons. The van der Waals surface area contributed by atoms with Crippen LogP contribution in [0.4, 0.5) is 10.5 Å². The lowest BCUT2D eigenvalue weighted by molar-refractivity contribution is 0.0601. The molecule has 144 valence electrons. The first kappa shape index (κ1) is 17.9. The lowest BCUT2D eigenvalue weighted by Gasteiger charge is -2.27. The molecule has 2 amide bonds. The number of hydrogen-bond donors (Lipinski definition) is 2. The third-order valence-corrected chi connectivity index (χ3v) is 5.02. The van der Waals surface area contributed by atoms with E-state index in [9.17, 15) is 9.59 Å². The van der Waals surface area contributed by atoms with Gasteiger partial charge in [0, 0.05) is 47.4 Å². The van der Waals surface area contributed by atoms with Gasteiger partial charge in [-0.05, 0) is 42.5 Å². The van der Waals surface area contributed by atoms with Crippen molar-refractivity contribution in [3.05, 3.63) is 59.3 Å². The van der Waals surface area contributed by atoms with Gasteiger partial charge in [-0.1, -0.05) is 0 Å². The molecule has 0 atom stereocenters. The molecule has 0 aliphatic carbocycles. The van der Waals surface area contributed by atoms with E-state index in [-0.39, 0.29) is 12.0 Å². The molecular formula is C21H21N3O4. The SMILES string of the molecule is COC(=O)c1ccc2[nH]c3c(c2c1)CN(C(=O)Nc1ccc(OC)cc1)CC3. The summed E-state index contributed by atoms with van der Waals surface area (Å²) in [5, 5.41) is 3.86. The number of fused-ring (bicyclic) bond motifs is 3. The van der Waals surface area contributed by atoms with Gasteiger partial charge < -0.3 is 24.7 Å². The predicted octanol–water partition coefficient (Wildman–Crippen LogP) is 3.55. The summed E-state index contributed by atoms with van der Waals surface area (Å²) < 4.78 is 9.95. The van der Waals surface area contributed by atoms with Crippen LogP contribution < -0.4 is 10.1 Å². The third-order valence-electron chi connectivity index (χ3n) is 5.02. The minimum Gasteiger partial charge on any atom is -0.497 e. The molecule has 2 aromatic carbocycles. The highest BCUT2D eigenvalue weighted by Gasteiger charge is 2.24. The molecule has 7 nitrogen and oxygen atoms in total. The van der Waals surface area contributed by atoms with Crippen LogP contribution in [-0.4, -0.2) is 42.6 Å². The second-order valence-corrected chi connectivity index (χ2v) is 6.66. The van der Waals surface area contributed by atoms with Crippen LogP contribution in [0, 0.1) is 0 Å². The number of ether oxygens (including phenoxy) is 2. The average Bonchev–Trinajstić information content (AvgIpc) is 3.10. The van der Waals surface area contributed by atoms with Crippen LogP contribution >= 0.6 is 0 Å². The first-order valence-electron chi connectivity index (χ1n) is 9.01. The molecular weight excluding hydrogens is 358 g/mol. The summed E-state index contributed by atoms with van der Waals surface area (Å²) in [7, 11) is 2.97. The molecule has 1 aliphatic rings. The Bertz CT molecular complexity index is 1040. The predicted molar refractivity (Wildman–Crippen MR) is 106 cm³/mol. The Balaban J connectivity index is 1.55. The molecule has 0 spiro atoms. The summed E-state index contributed by atoms with van der Waals surface area (Å²) in [5.74, 6) is 0.364. The first-order chi connectivity index (χ1) is 13.6. The molecule has 2 N–H and O–H groups in total. The summed E-state index contributed by atoms with van der Waals surface area (Å²) in [6, 6.07) is 12.5. The van der Waals surface area contributed by atoms with E-state index in [0.717, 1.165) is 34.3 Å². The zero-order valence-electron chi connectivity index (χ0n) is 15.7. The zero-order valence-corrected chi connectivity index (χ0v) is 15.7. The zero-order chi connectivity index (χ0) is 19.7. The monoisotopic (exact) mass is 379 g/mol. The topological polar surface area (TPSA) is 83.7 Å². The number of aromatic amines is 1. The van der Waals surface area contributed by atoms with Crippen molar-refractivity contribution in [3.8, 4) is 5.75 Å². The van der Waals surface area contributed by atoms with Gasteiger partial charge in [-0.2, -0.15) is 0 Å². The van der Waals surface area contributed by atoms with Gasteiger partial charge in [0.05, 0.1) is 19.8 Å². The van der Waals surface area contributed by atoms with E-state index < -0.39 is 0 Å². The number of amides is 2. The fourth-order valence-electron chi connectivity index (χ4n) is 3.51. The van der Waals surface area contributed by atoms with Gasteiger partial charge in [0.25, 0.3) is 0 Å². The standard InChI is InChI=1S/C21H21N3O4/c1-27-15-6-4-14(5-7-15)22-21(26)24-10-9-19-17(12-24)16-11-13(20(25)28-2)3-8-18(16)23-19/h3-8,11,23H,9-10,12H2,1-2H3,(H,22,26). The second kappa shape index (κ2) is 7.26. The Morgan fingerprint density at radius 3 is 2.61 bits per heavy atom. The summed E-state index contributed by atoms with van der Waals surface area (Å²) in [5.41, 5.74) is 4.30. The number of carbonyl (C=O) groups excluding carboxylic acids is 2. The van der Waals surface area contributed by atoms with Crippen LogP contribution in [-0.2, 0) is 17.7 Å². The van der Waals surface area contributed by atoms with E-state index in [2.05, 4.69) is 10.3 Å². The highest BCUT2D eigenvalue weighted by atomic mass is 16.5. The summed E-state index contributed by atoms with van der Waals surface area (Å²) in [6.07, 6.45) is 0.730. The van der Waals surface area contributed by atoms with E-state index in [1.165, 1.54) is 7.11 Å². The molecule has 0 saturated carbocycles. The molecule has 0 unspecified atom stereocenters. The number of esters is 1. The molecule has 1 aliphatic heterocycles. The molecule has 0 saturated heterocycles. The number of methoxy groups -OCH3 is 2. The minimum absolute atomic E-state index is 0.158. The number of nitrogens with one attached hydrogen (secondary N) is 2. The fraction of sp³-hybridized carbons (Fsp3) is 0.238. The van der Waals surface area contributed by atoms with Gasteiger partial charge in [0.2, 0.25) is 0 Å². The van der Waals surface area contributed by atoms with Gasteiger partial charge in [-0.25, -0.2) is 9.59 Å². The molecule has 0 bridgehead atoms. The van der Waals surface area contributed by atoms with Gasteiger partial charge in [0.15, 0.2) is 0 Å². The number of benzene rings is 2. The van der Waals surface area contributed by atoms with Crippen LogP contribution in [0.5, 0.6) is 5.75 Å². The average molecular weight is 379 g/mol. The second-order valence-electron chi connectivity index (χ2n) is 6.66. The number of hydrogen-bond acceptors (Lipinski definition) is 4. The van der Waals surface area contributed by atoms with Crippen molar-refractivity contribution in [1.29, 1.82) is 0 Å². The molecule has 2 heterocycles. The van der Waals surface area contributed by atoms with E-state index in [4.69, 9.17) is 9.47 Å². The normalized spacial score (nSPS) is 13.1. The highest BCUT2D eigenvalue weighted by molar-refractivity contribution is 5.96. The Labute approximate surface area is 162 Å². The van der Waals surface area contributed by atoms with Crippen molar-refractivity contribution in [2.45, 2.75) is 13.0 Å². The van der Waals surface area contributed by atoms with Crippen molar-refractivity contribution >= 4 is 28.6 Å². The lowest BCUT2D eigenvalue weighted by atomic mass is 10.0. The molecule has 0 fully saturated rings. The highest BCUT2D eigenvalue weighted by Crippen LogP contribution is 2.29. The maximum atomic E-state index is 12.7. The Kier molecular flexibility index (Phi) is 4.65. The fourth-order valence-corrected chi connectivity index (χ4v) is 3.51. The molecule has 28 heavy (non-hydrogen) atoms. The number of carbonyl (C=O) groups is 2. The number of urea groups is 1. The third kappa shape index (κ3) is 3.26. The van der Waals surface area contributed by atoms with Gasteiger partial charge in [-0.3, -0.25) is 0 Å². The van der Waals surface area contributed by atoms with Crippen molar-refractivity contribution in [2.24, 2.45) is 0 Å². The first-order valence-corrected chi connectivity index (χ1v) is 9.01. The number of aromatic nitrogens is 1. The minimum atomic E-state index is -0.373. The van der Waals surface area contributed by atoms with E-state index in [1.807, 2.05) is 12.1 Å². The molecule has 1 aromatic heterocycles. The smallest absolute Gasteiger partial charge is 0.337 e. The van der Waals surface area contributed by atoms with Crippen molar-refractivity contribution in [2.75, 3.05) is 26.1 Å². The van der Waals surface area contributed by atoms with E-state index >= 15 is 0 Å². The molecule has 7 heteroatoms. The quantitative estimate of drug-likeness (QED) is 0.682. The van der Waals surface area contributed by atoms with E-state index in [1.54, 1.807) is 42.3 Å². The van der Waals surface area contributed by atoms with Gasteiger partial charge in [-0.15, -0.1) is 0 Å². The maximum absolute atomic E-state index is 12.7. The van der Waals surface area contributed by atoms with Crippen LogP contribution in [0.15, 0.2) is 42.5 Å². The number of H-pyrrole nitrogens is 1. The van der Waals surface area contributed by atoms with Crippen molar-refractivity contribution in [1.82, 2.24) is 9.88 Å². The number of anilines is 1. The number of rotatable bonds is 3. The Hall–Kier alpha value is -3.48. The van der Waals surface area contributed by atoms with Crippen LogP contribution in [0.3, 0.4) is 0 Å². The molecule has 3 aromatic rings. The lowest BCUT2D eigenvalue weighted by Crippen LogP contribution is -2.38. The summed E-state index contributed by atoms with van der Waals surface area (Å²) in [6.45, 7) is 1.09. The van der Waals surface area contributed by atoms with Crippen molar-refractivity contribution < 1.29 is 19.1 Å². The van der Waals surface area contributed by atoms with Gasteiger partial charge in [0.1, 0.15) is 5.75 Å². The van der Waals surface area contributed by atoms with E-state index in [0.29, 0.717) is 24.3 Å². The Morgan fingerprint density at radius 2 is 1.89 bits per heavy atom. The summed E-state index contributed by atoms with van der Waals surface area (Å²) >= 11 is 0.